The van der Waals surface area contributed by atoms with Crippen molar-refractivity contribution in [1.29, 1.82) is 0 Å². The van der Waals surface area contributed by atoms with E-state index in [1.165, 1.54) is 0 Å². The number of aromatic nitrogens is 2. The van der Waals surface area contributed by atoms with Crippen molar-refractivity contribution in [3.8, 4) is 0 Å². The van der Waals surface area contributed by atoms with Gasteiger partial charge in [-0.3, -0.25) is 9.69 Å². The van der Waals surface area contributed by atoms with E-state index < -0.39 is 0 Å². The van der Waals surface area contributed by atoms with Gasteiger partial charge >= 0.3 is 0 Å². The molecular weight excluding hydrogens is 216 g/mol. The zero-order valence-electron chi connectivity index (χ0n) is 10.3. The number of nitrogens with one attached hydrogen (secondary N) is 1. The number of nitrogens with zero attached hydrogens (tertiary/aromatic N) is 3. The summed E-state index contributed by atoms with van der Waals surface area (Å²) in [4.78, 5) is 14.1. The lowest BCUT2D eigenvalue weighted by Crippen LogP contribution is -2.44. The fourth-order valence-corrected chi connectivity index (χ4v) is 2.17. The van der Waals surface area contributed by atoms with Crippen molar-refractivity contribution in [3.63, 3.8) is 0 Å². The molecule has 2 rings (SSSR count). The molecule has 0 spiro atoms. The standard InChI is InChI=1S/C12H18N4O/c1-9-5-7-16(11-4-3-6-14-15-11)12(17)10(8-9)13-2/h3-4,6,9-10,13H,5,7-8H2,1-2H3. The molecule has 5 nitrogen and oxygen atoms in total. The van der Waals surface area contributed by atoms with Gasteiger partial charge in [0, 0.05) is 12.7 Å². The molecule has 92 valence electrons. The first-order valence-electron chi connectivity index (χ1n) is 5.98. The molecular formula is C12H18N4O. The van der Waals surface area contributed by atoms with Crippen LogP contribution in [0.1, 0.15) is 19.8 Å². The van der Waals surface area contributed by atoms with Gasteiger partial charge in [-0.25, -0.2) is 0 Å². The van der Waals surface area contributed by atoms with Crippen molar-refractivity contribution in [1.82, 2.24) is 15.5 Å². The lowest BCUT2D eigenvalue weighted by atomic mass is 10.0. The molecule has 1 fully saturated rings. The molecule has 5 heteroatoms. The average Bonchev–Trinajstić information content (AvgIpc) is 2.50. The minimum absolute atomic E-state index is 0.0948. The molecule has 0 bridgehead atoms. The highest BCUT2D eigenvalue weighted by Crippen LogP contribution is 2.21. The molecule has 1 aromatic heterocycles. The van der Waals surface area contributed by atoms with Crippen molar-refractivity contribution in [2.45, 2.75) is 25.8 Å². The third kappa shape index (κ3) is 2.61. The quantitative estimate of drug-likeness (QED) is 0.823. The van der Waals surface area contributed by atoms with Crippen molar-refractivity contribution in [3.05, 3.63) is 18.3 Å². The van der Waals surface area contributed by atoms with E-state index in [-0.39, 0.29) is 11.9 Å². The van der Waals surface area contributed by atoms with Crippen LogP contribution < -0.4 is 10.2 Å². The van der Waals surface area contributed by atoms with Gasteiger partial charge < -0.3 is 5.32 Å². The van der Waals surface area contributed by atoms with Crippen LogP contribution in [0.15, 0.2) is 18.3 Å². The van der Waals surface area contributed by atoms with Gasteiger partial charge in [0.15, 0.2) is 5.82 Å². The molecule has 2 atom stereocenters. The normalized spacial score (nSPS) is 25.8. The lowest BCUT2D eigenvalue weighted by molar-refractivity contribution is -0.120. The summed E-state index contributed by atoms with van der Waals surface area (Å²) in [6, 6.07) is 3.51. The molecule has 0 aliphatic carbocycles. The van der Waals surface area contributed by atoms with Gasteiger partial charge in [0.2, 0.25) is 5.91 Å². The highest BCUT2D eigenvalue weighted by Gasteiger charge is 2.30. The molecule has 1 N–H and O–H groups in total. The lowest BCUT2D eigenvalue weighted by Gasteiger charge is -2.22. The van der Waals surface area contributed by atoms with Gasteiger partial charge in [0.1, 0.15) is 0 Å². The maximum Gasteiger partial charge on any atom is 0.245 e. The number of anilines is 1. The summed E-state index contributed by atoms with van der Waals surface area (Å²) >= 11 is 0. The summed E-state index contributed by atoms with van der Waals surface area (Å²) in [6.45, 7) is 2.90. The Hall–Kier alpha value is -1.49. The monoisotopic (exact) mass is 234 g/mol. The first-order chi connectivity index (χ1) is 8.22. The van der Waals surface area contributed by atoms with E-state index in [0.717, 1.165) is 19.4 Å². The molecule has 2 unspecified atom stereocenters. The molecule has 1 aromatic rings. The molecule has 1 saturated heterocycles. The van der Waals surface area contributed by atoms with Crippen molar-refractivity contribution >= 4 is 11.7 Å². The Balaban J connectivity index is 2.24. The van der Waals surface area contributed by atoms with Gasteiger partial charge in [-0.15, -0.1) is 5.10 Å². The van der Waals surface area contributed by atoms with Gasteiger partial charge in [-0.2, -0.15) is 5.10 Å². The smallest absolute Gasteiger partial charge is 0.245 e. The minimum atomic E-state index is -0.116. The molecule has 1 aliphatic heterocycles. The highest BCUT2D eigenvalue weighted by molar-refractivity contribution is 5.96. The predicted octanol–water partition coefficient (Wildman–Crippen LogP) is 0.827. The van der Waals surface area contributed by atoms with Crippen LogP contribution in [0.3, 0.4) is 0 Å². The molecule has 1 amide bonds. The minimum Gasteiger partial charge on any atom is -0.309 e. The van der Waals surface area contributed by atoms with Crippen LogP contribution in [-0.2, 0) is 4.79 Å². The van der Waals surface area contributed by atoms with Crippen LogP contribution >= 0.6 is 0 Å². The molecule has 0 radical (unpaired) electrons. The summed E-state index contributed by atoms with van der Waals surface area (Å²) < 4.78 is 0. The Morgan fingerprint density at radius 2 is 2.35 bits per heavy atom. The second-order valence-corrected chi connectivity index (χ2v) is 4.54. The van der Waals surface area contributed by atoms with Crippen LogP contribution in [0, 0.1) is 5.92 Å². The summed E-state index contributed by atoms with van der Waals surface area (Å²) in [5.74, 6) is 1.28. The van der Waals surface area contributed by atoms with E-state index in [4.69, 9.17) is 0 Å². The first kappa shape index (κ1) is 12.0. The Morgan fingerprint density at radius 3 is 3.00 bits per heavy atom. The maximum atomic E-state index is 12.3. The number of carbonyl (C=O) groups is 1. The summed E-state index contributed by atoms with van der Waals surface area (Å²) in [6.07, 6.45) is 3.50. The van der Waals surface area contributed by atoms with Crippen LogP contribution in [0.2, 0.25) is 0 Å². The summed E-state index contributed by atoms with van der Waals surface area (Å²) in [7, 11) is 1.83. The average molecular weight is 234 g/mol. The number of likely N-dealkylation sites (N-methyl/N-ethyl adjacent to an activating group) is 1. The van der Waals surface area contributed by atoms with Crippen molar-refractivity contribution in [2.75, 3.05) is 18.5 Å². The van der Waals surface area contributed by atoms with E-state index in [0.29, 0.717) is 11.7 Å². The Labute approximate surface area is 101 Å². The number of hydrogen-bond donors (Lipinski definition) is 1. The number of amides is 1. The van der Waals surface area contributed by atoms with Crippen LogP contribution in [0.4, 0.5) is 5.82 Å². The maximum absolute atomic E-state index is 12.3. The molecule has 1 aliphatic rings. The first-order valence-corrected chi connectivity index (χ1v) is 5.98. The van der Waals surface area contributed by atoms with Crippen LogP contribution in [0.25, 0.3) is 0 Å². The van der Waals surface area contributed by atoms with E-state index in [9.17, 15) is 4.79 Å². The van der Waals surface area contributed by atoms with Gasteiger partial charge in [0.05, 0.1) is 6.04 Å². The fraction of sp³-hybridized carbons (Fsp3) is 0.583. The topological polar surface area (TPSA) is 58.1 Å². The van der Waals surface area contributed by atoms with E-state index in [2.05, 4.69) is 22.4 Å². The van der Waals surface area contributed by atoms with E-state index >= 15 is 0 Å². The van der Waals surface area contributed by atoms with Crippen molar-refractivity contribution < 1.29 is 4.79 Å². The zero-order valence-corrected chi connectivity index (χ0v) is 10.3. The third-order valence-corrected chi connectivity index (χ3v) is 3.23. The fourth-order valence-electron chi connectivity index (χ4n) is 2.17. The molecule has 0 saturated carbocycles. The predicted molar refractivity (Wildman–Crippen MR) is 65.6 cm³/mol. The summed E-state index contributed by atoms with van der Waals surface area (Å²) in [5.41, 5.74) is 0. The van der Waals surface area contributed by atoms with Crippen LogP contribution in [-0.4, -0.2) is 35.7 Å². The largest absolute Gasteiger partial charge is 0.309 e. The second-order valence-electron chi connectivity index (χ2n) is 4.54. The van der Waals surface area contributed by atoms with E-state index in [1.807, 2.05) is 13.1 Å². The third-order valence-electron chi connectivity index (χ3n) is 3.23. The van der Waals surface area contributed by atoms with Gasteiger partial charge in [0.25, 0.3) is 0 Å². The molecule has 0 aromatic carbocycles. The number of rotatable bonds is 2. The van der Waals surface area contributed by atoms with Crippen molar-refractivity contribution in [2.24, 2.45) is 5.92 Å². The Kier molecular flexibility index (Phi) is 3.68. The Bertz CT molecular complexity index is 381. The SMILES string of the molecule is CNC1CC(C)CCN(c2cccnn2)C1=O. The van der Waals surface area contributed by atoms with Gasteiger partial charge in [-0.1, -0.05) is 6.92 Å². The molecule has 17 heavy (non-hydrogen) atoms. The second kappa shape index (κ2) is 5.23. The summed E-state index contributed by atoms with van der Waals surface area (Å²) in [5, 5.41) is 10.9. The number of hydrogen-bond acceptors (Lipinski definition) is 4. The van der Waals surface area contributed by atoms with E-state index in [1.54, 1.807) is 17.2 Å². The Morgan fingerprint density at radius 1 is 1.53 bits per heavy atom. The van der Waals surface area contributed by atoms with Gasteiger partial charge in [-0.05, 0) is 37.9 Å². The number of carbonyl (C=O) groups excluding carboxylic acids is 1. The zero-order chi connectivity index (χ0) is 12.3. The molecule has 2 heterocycles. The highest BCUT2D eigenvalue weighted by atomic mass is 16.2. The van der Waals surface area contributed by atoms with Crippen LogP contribution in [0.5, 0.6) is 0 Å².